The molecule has 0 aliphatic carbocycles. The molecule has 0 radical (unpaired) electrons. The number of amides is 1. The Morgan fingerprint density at radius 3 is 2.61 bits per heavy atom. The molecule has 1 amide bonds. The number of methoxy groups -OCH3 is 1. The Balaban J connectivity index is 1.89. The van der Waals surface area contributed by atoms with Crippen LogP contribution in [0, 0.1) is 0 Å². The smallest absolute Gasteiger partial charge is 0.290 e. The average Bonchev–Trinajstić information content (AvgIpc) is 3.07. The molecule has 0 fully saturated rings. The summed E-state index contributed by atoms with van der Waals surface area (Å²) in [5, 5.41) is 0.458. The van der Waals surface area contributed by atoms with Crippen LogP contribution in [0.15, 0.2) is 56.1 Å². The fourth-order valence-corrected chi connectivity index (χ4v) is 4.53. The Morgan fingerprint density at radius 2 is 1.90 bits per heavy atom. The van der Waals surface area contributed by atoms with Crippen LogP contribution < -0.4 is 10.2 Å². The monoisotopic (exact) mass is 484 g/mol. The van der Waals surface area contributed by atoms with Crippen LogP contribution >= 0.6 is 15.9 Å². The maximum absolute atomic E-state index is 13.6. The lowest BCUT2D eigenvalue weighted by atomic mass is 9.98. The van der Waals surface area contributed by atoms with Crippen LogP contribution in [-0.4, -0.2) is 49.0 Å². The minimum Gasteiger partial charge on any atom is -0.497 e. The van der Waals surface area contributed by atoms with Crippen molar-refractivity contribution in [1.82, 2.24) is 9.80 Å². The highest BCUT2D eigenvalue weighted by Crippen LogP contribution is 2.39. The number of carbonyl (C=O) groups is 1. The van der Waals surface area contributed by atoms with E-state index >= 15 is 0 Å². The van der Waals surface area contributed by atoms with Crippen LogP contribution in [0.25, 0.3) is 11.0 Å². The number of likely N-dealkylation sites (N-methyl/N-ethyl adjacent to an activating group) is 1. The Morgan fingerprint density at radius 1 is 1.13 bits per heavy atom. The molecule has 0 saturated carbocycles. The first kappa shape index (κ1) is 21.6. The first-order valence-corrected chi connectivity index (χ1v) is 11.2. The number of hydrogen-bond acceptors (Lipinski definition) is 5. The third-order valence-corrected chi connectivity index (χ3v) is 6.38. The third-order valence-electron chi connectivity index (χ3n) is 5.89. The van der Waals surface area contributed by atoms with E-state index in [4.69, 9.17) is 9.15 Å². The quantitative estimate of drug-likeness (QED) is 0.495. The standard InChI is InChI=1S/C24H25BrN2O4/c1-4-26(5-2)11-12-27-21(15-7-6-8-17(13-15)30-3)20-22(28)18-14-16(25)9-10-19(18)31-23(20)24(27)29/h6-10,13-14,21H,4-5,11-12H2,1-3H3. The lowest BCUT2D eigenvalue weighted by molar-refractivity contribution is 0.0708. The molecule has 1 aliphatic rings. The topological polar surface area (TPSA) is 63.0 Å². The van der Waals surface area contributed by atoms with Crippen molar-refractivity contribution in [3.8, 4) is 5.75 Å². The van der Waals surface area contributed by atoms with E-state index in [9.17, 15) is 9.59 Å². The van der Waals surface area contributed by atoms with Gasteiger partial charge < -0.3 is 19.0 Å². The summed E-state index contributed by atoms with van der Waals surface area (Å²) in [7, 11) is 1.60. The lowest BCUT2D eigenvalue weighted by Crippen LogP contribution is -2.37. The number of halogens is 1. The molecular weight excluding hydrogens is 460 g/mol. The fraction of sp³-hybridized carbons (Fsp3) is 0.333. The molecule has 3 aromatic rings. The van der Waals surface area contributed by atoms with Crippen molar-refractivity contribution in [2.75, 3.05) is 33.3 Å². The first-order chi connectivity index (χ1) is 15.0. The zero-order chi connectivity index (χ0) is 22.1. The van der Waals surface area contributed by atoms with Gasteiger partial charge in [0.15, 0.2) is 5.43 Å². The van der Waals surface area contributed by atoms with E-state index in [0.29, 0.717) is 35.4 Å². The van der Waals surface area contributed by atoms with E-state index in [2.05, 4.69) is 34.7 Å². The van der Waals surface area contributed by atoms with Gasteiger partial charge in [0.1, 0.15) is 11.3 Å². The van der Waals surface area contributed by atoms with Gasteiger partial charge >= 0.3 is 0 Å². The van der Waals surface area contributed by atoms with Crippen LogP contribution in [0.5, 0.6) is 5.75 Å². The average molecular weight is 485 g/mol. The summed E-state index contributed by atoms with van der Waals surface area (Å²) in [6.07, 6.45) is 0. The van der Waals surface area contributed by atoms with Gasteiger partial charge in [0.2, 0.25) is 5.76 Å². The summed E-state index contributed by atoms with van der Waals surface area (Å²) in [5.41, 5.74) is 1.45. The summed E-state index contributed by atoms with van der Waals surface area (Å²) in [6.45, 7) is 7.19. The summed E-state index contributed by atoms with van der Waals surface area (Å²) in [5.74, 6) is 0.555. The van der Waals surface area contributed by atoms with Crippen LogP contribution in [0.4, 0.5) is 0 Å². The van der Waals surface area contributed by atoms with Crippen molar-refractivity contribution < 1.29 is 13.9 Å². The number of fused-ring (bicyclic) bond motifs is 2. The fourth-order valence-electron chi connectivity index (χ4n) is 4.17. The second kappa shape index (κ2) is 8.85. The second-order valence-corrected chi connectivity index (χ2v) is 8.43. The third kappa shape index (κ3) is 3.88. The highest BCUT2D eigenvalue weighted by atomic mass is 79.9. The predicted molar refractivity (Wildman–Crippen MR) is 124 cm³/mol. The summed E-state index contributed by atoms with van der Waals surface area (Å²) < 4.78 is 12.2. The largest absolute Gasteiger partial charge is 0.497 e. The van der Waals surface area contributed by atoms with Gasteiger partial charge in [0.25, 0.3) is 5.91 Å². The van der Waals surface area contributed by atoms with Crippen molar-refractivity contribution in [2.24, 2.45) is 0 Å². The Labute approximate surface area is 189 Å². The van der Waals surface area contributed by atoms with E-state index in [1.807, 2.05) is 24.3 Å². The number of rotatable bonds is 7. The van der Waals surface area contributed by atoms with Crippen LogP contribution in [0.1, 0.15) is 41.6 Å². The second-order valence-electron chi connectivity index (χ2n) is 7.52. The molecule has 0 spiro atoms. The van der Waals surface area contributed by atoms with E-state index in [1.165, 1.54) is 0 Å². The molecule has 2 aromatic carbocycles. The molecule has 0 N–H and O–H groups in total. The van der Waals surface area contributed by atoms with Crippen LogP contribution in [0.2, 0.25) is 0 Å². The Bertz CT molecular complexity index is 1190. The minimum atomic E-state index is -0.521. The molecule has 6 nitrogen and oxygen atoms in total. The van der Waals surface area contributed by atoms with E-state index in [-0.39, 0.29) is 17.1 Å². The van der Waals surface area contributed by atoms with Crippen LogP contribution in [0.3, 0.4) is 0 Å². The zero-order valence-electron chi connectivity index (χ0n) is 17.9. The molecule has 162 valence electrons. The molecule has 1 aliphatic heterocycles. The molecule has 1 aromatic heterocycles. The lowest BCUT2D eigenvalue weighted by Gasteiger charge is -2.28. The Kier molecular flexibility index (Phi) is 6.16. The van der Waals surface area contributed by atoms with Crippen molar-refractivity contribution in [1.29, 1.82) is 0 Å². The number of ether oxygens (including phenoxy) is 1. The van der Waals surface area contributed by atoms with Gasteiger partial charge in [-0.15, -0.1) is 0 Å². The molecule has 2 heterocycles. The molecule has 31 heavy (non-hydrogen) atoms. The maximum Gasteiger partial charge on any atom is 0.290 e. The molecule has 1 unspecified atom stereocenters. The van der Waals surface area contributed by atoms with E-state index < -0.39 is 6.04 Å². The van der Waals surface area contributed by atoms with Gasteiger partial charge in [0, 0.05) is 17.6 Å². The molecular formula is C24H25BrN2O4. The SMILES string of the molecule is CCN(CC)CCN1C(=O)c2oc3ccc(Br)cc3c(=O)c2C1c1cccc(OC)c1. The zero-order valence-corrected chi connectivity index (χ0v) is 19.4. The maximum atomic E-state index is 13.6. The highest BCUT2D eigenvalue weighted by Gasteiger charge is 2.42. The van der Waals surface area contributed by atoms with Crippen molar-refractivity contribution in [2.45, 2.75) is 19.9 Å². The molecule has 0 saturated heterocycles. The van der Waals surface area contributed by atoms with Gasteiger partial charge in [-0.3, -0.25) is 9.59 Å². The summed E-state index contributed by atoms with van der Waals surface area (Å²) in [6, 6.07) is 12.3. The normalized spacial score (nSPS) is 15.7. The molecule has 0 bridgehead atoms. The van der Waals surface area contributed by atoms with Crippen molar-refractivity contribution >= 4 is 32.8 Å². The summed E-state index contributed by atoms with van der Waals surface area (Å²) >= 11 is 3.43. The highest BCUT2D eigenvalue weighted by molar-refractivity contribution is 9.10. The Hall–Kier alpha value is -2.64. The van der Waals surface area contributed by atoms with Crippen molar-refractivity contribution in [3.63, 3.8) is 0 Å². The number of carbonyl (C=O) groups excluding carboxylic acids is 1. The van der Waals surface area contributed by atoms with Crippen LogP contribution in [-0.2, 0) is 0 Å². The van der Waals surface area contributed by atoms with E-state index in [0.717, 1.165) is 23.1 Å². The first-order valence-electron chi connectivity index (χ1n) is 10.4. The summed E-state index contributed by atoms with van der Waals surface area (Å²) in [4.78, 5) is 31.0. The number of hydrogen-bond donors (Lipinski definition) is 0. The molecule has 4 rings (SSSR count). The van der Waals surface area contributed by atoms with Gasteiger partial charge in [0.05, 0.1) is 24.1 Å². The molecule has 7 heteroatoms. The van der Waals surface area contributed by atoms with Gasteiger partial charge in [-0.05, 0) is 49.0 Å². The molecule has 1 atom stereocenters. The van der Waals surface area contributed by atoms with Gasteiger partial charge in [-0.2, -0.15) is 0 Å². The number of nitrogens with zero attached hydrogens (tertiary/aromatic N) is 2. The predicted octanol–water partition coefficient (Wildman–Crippen LogP) is 4.45. The van der Waals surface area contributed by atoms with E-state index in [1.54, 1.807) is 30.2 Å². The van der Waals surface area contributed by atoms with Gasteiger partial charge in [-0.1, -0.05) is 41.9 Å². The number of benzene rings is 2. The minimum absolute atomic E-state index is 0.132. The van der Waals surface area contributed by atoms with Gasteiger partial charge in [-0.25, -0.2) is 0 Å². The van der Waals surface area contributed by atoms with Crippen molar-refractivity contribution in [3.05, 3.63) is 74.0 Å².